The standard InChI is InChI=1S/C24H24FN5O/c25-22-20(15-1-4-18(5-2-15)30-11-9-27-10-12-30)14-21(23(26)29-22)16-3-6-19-17(13-16)7-8-28-24(19)31/h1-6,13-14,27H,7-12H2,(H2,26,29)(H,28,31). The van der Waals surface area contributed by atoms with Crippen molar-refractivity contribution in [3.05, 3.63) is 65.6 Å². The highest BCUT2D eigenvalue weighted by Crippen LogP contribution is 2.33. The predicted molar refractivity (Wildman–Crippen MR) is 121 cm³/mol. The van der Waals surface area contributed by atoms with Gasteiger partial charge in [0.2, 0.25) is 5.95 Å². The van der Waals surface area contributed by atoms with Crippen LogP contribution < -0.4 is 21.3 Å². The number of hydrogen-bond donors (Lipinski definition) is 3. The molecule has 0 aliphatic carbocycles. The number of hydrogen-bond acceptors (Lipinski definition) is 5. The third-order valence-electron chi connectivity index (χ3n) is 6.01. The minimum Gasteiger partial charge on any atom is -0.383 e. The van der Waals surface area contributed by atoms with Crippen LogP contribution in [0.4, 0.5) is 15.9 Å². The lowest BCUT2D eigenvalue weighted by Gasteiger charge is -2.29. The Kier molecular flexibility index (Phi) is 5.03. The van der Waals surface area contributed by atoms with E-state index in [0.717, 1.165) is 55.0 Å². The van der Waals surface area contributed by atoms with E-state index in [1.807, 2.05) is 36.4 Å². The molecular formula is C24H24FN5O. The number of amides is 1. The van der Waals surface area contributed by atoms with Gasteiger partial charge in [-0.15, -0.1) is 0 Å². The molecule has 1 saturated heterocycles. The van der Waals surface area contributed by atoms with Gasteiger partial charge in [0, 0.05) is 55.1 Å². The summed E-state index contributed by atoms with van der Waals surface area (Å²) in [7, 11) is 0. The molecular weight excluding hydrogens is 393 g/mol. The summed E-state index contributed by atoms with van der Waals surface area (Å²) in [6.45, 7) is 4.44. The number of carbonyl (C=O) groups is 1. The lowest BCUT2D eigenvalue weighted by Crippen LogP contribution is -2.43. The van der Waals surface area contributed by atoms with Crippen LogP contribution in [0.1, 0.15) is 15.9 Å². The maximum Gasteiger partial charge on any atom is 0.251 e. The van der Waals surface area contributed by atoms with Gasteiger partial charge in [-0.3, -0.25) is 4.79 Å². The van der Waals surface area contributed by atoms with Crippen LogP contribution in [0.2, 0.25) is 0 Å². The lowest BCUT2D eigenvalue weighted by molar-refractivity contribution is 0.0946. The number of nitrogens with zero attached hydrogens (tertiary/aromatic N) is 2. The molecule has 0 unspecified atom stereocenters. The molecule has 0 spiro atoms. The van der Waals surface area contributed by atoms with Crippen LogP contribution in [0, 0.1) is 5.95 Å². The molecule has 6 nitrogen and oxygen atoms in total. The van der Waals surface area contributed by atoms with E-state index < -0.39 is 5.95 Å². The van der Waals surface area contributed by atoms with Crippen molar-refractivity contribution in [1.29, 1.82) is 0 Å². The Bertz CT molecular complexity index is 1140. The van der Waals surface area contributed by atoms with E-state index in [-0.39, 0.29) is 11.7 Å². The van der Waals surface area contributed by atoms with Crippen molar-refractivity contribution in [1.82, 2.24) is 15.6 Å². The van der Waals surface area contributed by atoms with Gasteiger partial charge in [0.25, 0.3) is 5.91 Å². The predicted octanol–water partition coefficient (Wildman–Crippen LogP) is 2.83. The Morgan fingerprint density at radius 3 is 2.42 bits per heavy atom. The maximum absolute atomic E-state index is 14.7. The van der Waals surface area contributed by atoms with E-state index >= 15 is 0 Å². The van der Waals surface area contributed by atoms with E-state index in [9.17, 15) is 9.18 Å². The monoisotopic (exact) mass is 417 g/mol. The molecule has 158 valence electrons. The zero-order valence-corrected chi connectivity index (χ0v) is 17.1. The highest BCUT2D eigenvalue weighted by atomic mass is 19.1. The molecule has 3 aromatic rings. The number of aromatic nitrogens is 1. The van der Waals surface area contributed by atoms with Gasteiger partial charge in [-0.2, -0.15) is 4.39 Å². The van der Waals surface area contributed by atoms with E-state index in [0.29, 0.717) is 23.2 Å². The van der Waals surface area contributed by atoms with Gasteiger partial charge in [-0.1, -0.05) is 24.3 Å². The third kappa shape index (κ3) is 3.72. The average molecular weight is 417 g/mol. The average Bonchev–Trinajstić information content (AvgIpc) is 2.80. The Morgan fingerprint density at radius 2 is 1.65 bits per heavy atom. The second kappa shape index (κ2) is 8.00. The molecule has 0 radical (unpaired) electrons. The fourth-order valence-corrected chi connectivity index (χ4v) is 4.31. The highest BCUT2D eigenvalue weighted by molar-refractivity contribution is 5.97. The Balaban J connectivity index is 1.50. The maximum atomic E-state index is 14.7. The summed E-state index contributed by atoms with van der Waals surface area (Å²) in [5.74, 6) is -0.518. The van der Waals surface area contributed by atoms with E-state index in [1.54, 1.807) is 12.1 Å². The molecule has 7 heteroatoms. The summed E-state index contributed by atoms with van der Waals surface area (Å²) in [4.78, 5) is 18.3. The van der Waals surface area contributed by atoms with Crippen molar-refractivity contribution >= 4 is 17.4 Å². The molecule has 0 saturated carbocycles. The number of rotatable bonds is 3. The van der Waals surface area contributed by atoms with Gasteiger partial charge < -0.3 is 21.3 Å². The van der Waals surface area contributed by atoms with Gasteiger partial charge in [0.05, 0.1) is 0 Å². The number of nitrogens with one attached hydrogen (secondary N) is 2. The molecule has 2 aromatic carbocycles. The first-order valence-electron chi connectivity index (χ1n) is 10.5. The number of fused-ring (bicyclic) bond motifs is 1. The first kappa shape index (κ1) is 19.5. The summed E-state index contributed by atoms with van der Waals surface area (Å²) < 4.78 is 14.7. The van der Waals surface area contributed by atoms with Crippen molar-refractivity contribution < 1.29 is 9.18 Å². The topological polar surface area (TPSA) is 83.3 Å². The molecule has 3 heterocycles. The molecule has 2 aliphatic heterocycles. The fraction of sp³-hybridized carbons (Fsp3) is 0.250. The zero-order chi connectivity index (χ0) is 21.4. The van der Waals surface area contributed by atoms with Crippen LogP contribution in [-0.4, -0.2) is 43.6 Å². The smallest absolute Gasteiger partial charge is 0.251 e. The summed E-state index contributed by atoms with van der Waals surface area (Å²) in [5, 5.41) is 6.19. The molecule has 1 aromatic heterocycles. The third-order valence-corrected chi connectivity index (χ3v) is 6.01. The zero-order valence-electron chi connectivity index (χ0n) is 17.1. The molecule has 1 fully saturated rings. The Morgan fingerprint density at radius 1 is 0.903 bits per heavy atom. The second-order valence-corrected chi connectivity index (χ2v) is 7.92. The van der Waals surface area contributed by atoms with Gasteiger partial charge in [0.15, 0.2) is 0 Å². The number of piperazine rings is 1. The summed E-state index contributed by atoms with van der Waals surface area (Å²) >= 11 is 0. The first-order valence-corrected chi connectivity index (χ1v) is 10.5. The van der Waals surface area contributed by atoms with Crippen molar-refractivity contribution in [3.8, 4) is 22.3 Å². The van der Waals surface area contributed by atoms with Crippen LogP contribution >= 0.6 is 0 Å². The minimum absolute atomic E-state index is 0.0664. The van der Waals surface area contributed by atoms with Gasteiger partial charge in [-0.05, 0) is 47.4 Å². The van der Waals surface area contributed by atoms with Crippen LogP contribution in [-0.2, 0) is 6.42 Å². The number of halogens is 1. The SMILES string of the molecule is Nc1nc(F)c(-c2ccc(N3CCNCC3)cc2)cc1-c1ccc2c(c1)CCNC2=O. The summed E-state index contributed by atoms with van der Waals surface area (Å²) in [5.41, 5.74) is 11.5. The van der Waals surface area contributed by atoms with Crippen LogP contribution in [0.15, 0.2) is 48.5 Å². The Hall–Kier alpha value is -3.45. The number of benzene rings is 2. The minimum atomic E-state index is -0.589. The molecule has 5 rings (SSSR count). The normalized spacial score (nSPS) is 16.0. The van der Waals surface area contributed by atoms with E-state index in [4.69, 9.17) is 5.73 Å². The van der Waals surface area contributed by atoms with Crippen LogP contribution in [0.25, 0.3) is 22.3 Å². The van der Waals surface area contributed by atoms with E-state index in [2.05, 4.69) is 20.5 Å². The van der Waals surface area contributed by atoms with Crippen molar-refractivity contribution in [2.45, 2.75) is 6.42 Å². The fourth-order valence-electron chi connectivity index (χ4n) is 4.31. The number of anilines is 2. The van der Waals surface area contributed by atoms with Crippen molar-refractivity contribution in [3.63, 3.8) is 0 Å². The van der Waals surface area contributed by atoms with Crippen molar-refractivity contribution in [2.75, 3.05) is 43.4 Å². The quantitative estimate of drug-likeness (QED) is 0.571. The Labute approximate surface area is 180 Å². The van der Waals surface area contributed by atoms with Crippen LogP contribution in [0.5, 0.6) is 0 Å². The number of pyridine rings is 1. The van der Waals surface area contributed by atoms with Crippen LogP contribution in [0.3, 0.4) is 0 Å². The lowest BCUT2D eigenvalue weighted by atomic mass is 9.94. The van der Waals surface area contributed by atoms with Crippen molar-refractivity contribution in [2.24, 2.45) is 0 Å². The van der Waals surface area contributed by atoms with Gasteiger partial charge >= 0.3 is 0 Å². The molecule has 2 aliphatic rings. The summed E-state index contributed by atoms with van der Waals surface area (Å²) in [6.07, 6.45) is 0.754. The van der Waals surface area contributed by atoms with Gasteiger partial charge in [-0.25, -0.2) is 4.98 Å². The second-order valence-electron chi connectivity index (χ2n) is 7.92. The largest absolute Gasteiger partial charge is 0.383 e. The molecule has 1 amide bonds. The molecule has 4 N–H and O–H groups in total. The van der Waals surface area contributed by atoms with E-state index in [1.165, 1.54) is 0 Å². The van der Waals surface area contributed by atoms with Gasteiger partial charge in [0.1, 0.15) is 5.82 Å². The molecule has 0 bridgehead atoms. The molecule has 31 heavy (non-hydrogen) atoms. The number of carbonyl (C=O) groups excluding carboxylic acids is 1. The number of nitrogen functional groups attached to an aromatic ring is 1. The summed E-state index contributed by atoms with van der Waals surface area (Å²) in [6, 6.07) is 15.2. The molecule has 0 atom stereocenters. The number of nitrogens with two attached hydrogens (primary N) is 1. The first-order chi connectivity index (χ1) is 15.1. The highest BCUT2D eigenvalue weighted by Gasteiger charge is 2.19.